The minimum atomic E-state index is -0.422. The van der Waals surface area contributed by atoms with E-state index in [1.165, 1.54) is 18.8 Å². The van der Waals surface area contributed by atoms with Gasteiger partial charge in [-0.2, -0.15) is 0 Å². The third-order valence-corrected chi connectivity index (χ3v) is 7.60. The number of nitrogens with one attached hydrogen (secondary N) is 2. The van der Waals surface area contributed by atoms with Gasteiger partial charge in [0.05, 0.1) is 24.8 Å². The summed E-state index contributed by atoms with van der Waals surface area (Å²) in [7, 11) is 1.75. The molecule has 1 aliphatic carbocycles. The van der Waals surface area contributed by atoms with Crippen molar-refractivity contribution in [2.24, 2.45) is 5.92 Å². The molecule has 39 heavy (non-hydrogen) atoms. The maximum atomic E-state index is 13.6. The van der Waals surface area contributed by atoms with Crippen LogP contribution in [-0.4, -0.2) is 82.7 Å². The number of urea groups is 1. The number of hydrogen-bond acceptors (Lipinski definition) is 6. The molecule has 1 aromatic carbocycles. The molecule has 10 nitrogen and oxygen atoms in total. The summed E-state index contributed by atoms with van der Waals surface area (Å²) in [5.74, 6) is -0.365. The number of aromatic nitrogens is 1. The van der Waals surface area contributed by atoms with E-state index in [1.807, 2.05) is 6.92 Å². The number of fused-ring (bicyclic) bond motifs is 1. The summed E-state index contributed by atoms with van der Waals surface area (Å²) in [6, 6.07) is 7.81. The first-order valence-corrected chi connectivity index (χ1v) is 13.7. The van der Waals surface area contributed by atoms with Gasteiger partial charge in [-0.3, -0.25) is 14.6 Å². The SMILES string of the molecule is C[C@@H]1CN([C@H](C)CO)C(=O)c2cc(NC(=O)c3ccncc3)ccc2O[C@H]1CN(C)C(=O)NC1CCCCC1. The van der Waals surface area contributed by atoms with Crippen LogP contribution in [0.4, 0.5) is 10.5 Å². The highest BCUT2D eigenvalue weighted by atomic mass is 16.5. The average Bonchev–Trinajstić information content (AvgIpc) is 2.95. The van der Waals surface area contributed by atoms with Gasteiger partial charge in [0.1, 0.15) is 11.9 Å². The number of hydrogen-bond donors (Lipinski definition) is 3. The Morgan fingerprint density at radius 1 is 1.18 bits per heavy atom. The third-order valence-electron chi connectivity index (χ3n) is 7.60. The van der Waals surface area contributed by atoms with Gasteiger partial charge in [0, 0.05) is 49.2 Å². The largest absolute Gasteiger partial charge is 0.487 e. The van der Waals surface area contributed by atoms with Crippen molar-refractivity contribution in [1.29, 1.82) is 0 Å². The number of anilines is 1. The Morgan fingerprint density at radius 3 is 2.59 bits per heavy atom. The number of nitrogens with zero attached hydrogens (tertiary/aromatic N) is 3. The van der Waals surface area contributed by atoms with Crippen LogP contribution in [0.2, 0.25) is 0 Å². The van der Waals surface area contributed by atoms with Crippen LogP contribution in [0.1, 0.15) is 66.7 Å². The Morgan fingerprint density at radius 2 is 1.90 bits per heavy atom. The first kappa shape index (κ1) is 28.4. The van der Waals surface area contributed by atoms with Crippen LogP contribution < -0.4 is 15.4 Å². The Hall–Kier alpha value is -3.66. The van der Waals surface area contributed by atoms with Crippen molar-refractivity contribution >= 4 is 23.5 Å². The summed E-state index contributed by atoms with van der Waals surface area (Å²) in [4.78, 5) is 46.5. The second-order valence-corrected chi connectivity index (χ2v) is 10.7. The maximum Gasteiger partial charge on any atom is 0.317 e. The van der Waals surface area contributed by atoms with Crippen LogP contribution in [0.15, 0.2) is 42.7 Å². The molecule has 0 radical (unpaired) electrons. The summed E-state index contributed by atoms with van der Waals surface area (Å²) in [5.41, 5.74) is 1.17. The summed E-state index contributed by atoms with van der Waals surface area (Å²) < 4.78 is 6.38. The van der Waals surface area contributed by atoms with Crippen molar-refractivity contribution in [3.63, 3.8) is 0 Å². The van der Waals surface area contributed by atoms with Crippen LogP contribution in [0.3, 0.4) is 0 Å². The van der Waals surface area contributed by atoms with Gasteiger partial charge in [0.2, 0.25) is 0 Å². The molecule has 3 N–H and O–H groups in total. The van der Waals surface area contributed by atoms with Gasteiger partial charge in [-0.05, 0) is 50.1 Å². The Kier molecular flexibility index (Phi) is 9.40. The highest BCUT2D eigenvalue weighted by Gasteiger charge is 2.34. The smallest absolute Gasteiger partial charge is 0.317 e. The predicted octanol–water partition coefficient (Wildman–Crippen LogP) is 3.53. The molecular formula is C29H39N5O5. The molecule has 3 atom stereocenters. The van der Waals surface area contributed by atoms with Gasteiger partial charge in [0.25, 0.3) is 11.8 Å². The van der Waals surface area contributed by atoms with Gasteiger partial charge in [-0.1, -0.05) is 26.2 Å². The second kappa shape index (κ2) is 12.9. The third kappa shape index (κ3) is 7.06. The standard InChI is InChI=1S/C29H39N5O5/c1-19-16-34(20(2)18-35)28(37)24-15-23(31-27(36)21-11-13-30-14-12-21)9-10-25(24)39-26(19)17-33(3)29(38)32-22-7-5-4-6-8-22/h9-15,19-20,22,26,35H,4-8,16-18H2,1-3H3,(H,31,36)(H,32,38)/t19-,20-,26+/m1/s1. The van der Waals surface area contributed by atoms with Gasteiger partial charge in [-0.25, -0.2) is 4.79 Å². The molecular weight excluding hydrogens is 498 g/mol. The topological polar surface area (TPSA) is 124 Å². The van der Waals surface area contributed by atoms with E-state index >= 15 is 0 Å². The van der Waals surface area contributed by atoms with Crippen LogP contribution in [0.5, 0.6) is 5.75 Å². The Bertz CT molecular complexity index is 1150. The van der Waals surface area contributed by atoms with Crippen LogP contribution in [0, 0.1) is 5.92 Å². The molecule has 0 saturated heterocycles. The van der Waals surface area contributed by atoms with Crippen LogP contribution in [0.25, 0.3) is 0 Å². The fraction of sp³-hybridized carbons (Fsp3) is 0.517. The lowest BCUT2D eigenvalue weighted by atomic mass is 9.96. The number of benzene rings is 1. The van der Waals surface area contributed by atoms with Crippen molar-refractivity contribution in [1.82, 2.24) is 20.1 Å². The van der Waals surface area contributed by atoms with Gasteiger partial charge >= 0.3 is 6.03 Å². The molecule has 1 aliphatic heterocycles. The lowest BCUT2D eigenvalue weighted by Gasteiger charge is -2.38. The van der Waals surface area contributed by atoms with Gasteiger partial charge in [0.15, 0.2) is 0 Å². The molecule has 2 aromatic rings. The van der Waals surface area contributed by atoms with Crippen molar-refractivity contribution < 1.29 is 24.2 Å². The molecule has 1 saturated carbocycles. The molecule has 10 heteroatoms. The van der Waals surface area contributed by atoms with Crippen molar-refractivity contribution in [3.8, 4) is 5.75 Å². The highest BCUT2D eigenvalue weighted by Crippen LogP contribution is 2.31. The number of carbonyl (C=O) groups is 3. The molecule has 2 aliphatic rings. The molecule has 210 valence electrons. The highest BCUT2D eigenvalue weighted by molar-refractivity contribution is 6.05. The number of aliphatic hydroxyl groups is 1. The van der Waals surface area contributed by atoms with E-state index in [0.717, 1.165) is 25.7 Å². The number of amides is 4. The second-order valence-electron chi connectivity index (χ2n) is 10.7. The summed E-state index contributed by atoms with van der Waals surface area (Å²) in [6.45, 7) is 4.25. The lowest BCUT2D eigenvalue weighted by molar-refractivity contribution is 0.0366. The van der Waals surface area contributed by atoms with Crippen LogP contribution in [-0.2, 0) is 0 Å². The zero-order valence-electron chi connectivity index (χ0n) is 22.9. The summed E-state index contributed by atoms with van der Waals surface area (Å²) >= 11 is 0. The number of carbonyl (C=O) groups excluding carboxylic acids is 3. The number of pyridine rings is 1. The molecule has 2 heterocycles. The average molecular weight is 538 g/mol. The fourth-order valence-electron chi connectivity index (χ4n) is 5.11. The van der Waals surface area contributed by atoms with Crippen LogP contribution >= 0.6 is 0 Å². The fourth-order valence-corrected chi connectivity index (χ4v) is 5.11. The zero-order valence-corrected chi connectivity index (χ0v) is 22.9. The van der Waals surface area contributed by atoms with E-state index in [9.17, 15) is 19.5 Å². The molecule has 1 fully saturated rings. The van der Waals surface area contributed by atoms with E-state index in [-0.39, 0.29) is 42.0 Å². The van der Waals surface area contributed by atoms with Crippen molar-refractivity contribution in [2.75, 3.05) is 32.1 Å². The van der Waals surface area contributed by atoms with Crippen molar-refractivity contribution in [2.45, 2.75) is 64.1 Å². The molecule has 4 rings (SSSR count). The van der Waals surface area contributed by atoms with E-state index < -0.39 is 12.1 Å². The number of rotatable bonds is 7. The minimum Gasteiger partial charge on any atom is -0.487 e. The van der Waals surface area contributed by atoms with E-state index in [2.05, 4.69) is 15.6 Å². The summed E-state index contributed by atoms with van der Waals surface area (Å²) in [5, 5.41) is 15.9. The zero-order chi connectivity index (χ0) is 27.9. The number of ether oxygens (including phenoxy) is 1. The minimum absolute atomic E-state index is 0.118. The molecule has 1 aromatic heterocycles. The Labute approximate surface area is 229 Å². The summed E-state index contributed by atoms with van der Waals surface area (Å²) in [6.07, 6.45) is 8.15. The normalized spacial score (nSPS) is 20.6. The first-order valence-electron chi connectivity index (χ1n) is 13.7. The van der Waals surface area contributed by atoms with E-state index in [4.69, 9.17) is 4.74 Å². The number of aliphatic hydroxyl groups excluding tert-OH is 1. The van der Waals surface area contributed by atoms with E-state index in [1.54, 1.807) is 54.1 Å². The first-order chi connectivity index (χ1) is 18.8. The molecule has 0 bridgehead atoms. The molecule has 0 spiro atoms. The van der Waals surface area contributed by atoms with Gasteiger partial charge in [-0.15, -0.1) is 0 Å². The molecule has 0 unspecified atom stereocenters. The predicted molar refractivity (Wildman–Crippen MR) is 148 cm³/mol. The van der Waals surface area contributed by atoms with Crippen molar-refractivity contribution in [3.05, 3.63) is 53.9 Å². The Balaban J connectivity index is 1.56. The van der Waals surface area contributed by atoms with E-state index in [0.29, 0.717) is 30.1 Å². The number of likely N-dealkylation sites (N-methyl/N-ethyl adjacent to an activating group) is 1. The quantitative estimate of drug-likeness (QED) is 0.497. The molecule has 4 amide bonds. The maximum absolute atomic E-state index is 13.6. The van der Waals surface area contributed by atoms with Gasteiger partial charge < -0.3 is 30.3 Å². The lowest BCUT2D eigenvalue weighted by Crippen LogP contribution is -2.52. The monoisotopic (exact) mass is 537 g/mol.